The van der Waals surface area contributed by atoms with Crippen LogP contribution in [-0.2, 0) is 19.6 Å². The van der Waals surface area contributed by atoms with E-state index in [9.17, 15) is 27.2 Å². The Balaban J connectivity index is 1.62. The average molecular weight is 500 g/mol. The maximum atomic E-state index is 14.5. The van der Waals surface area contributed by atoms with Crippen LogP contribution in [0.2, 0.25) is 0 Å². The van der Waals surface area contributed by atoms with Gasteiger partial charge in [-0.05, 0) is 68.5 Å². The summed E-state index contributed by atoms with van der Waals surface area (Å²) in [5.41, 5.74) is 1.18. The average Bonchev–Trinajstić information content (AvgIpc) is 3.13. The minimum absolute atomic E-state index is 0.158. The number of nitrogens with zero attached hydrogens (tertiary/aromatic N) is 2. The number of primary sulfonamides is 1. The second-order valence-electron chi connectivity index (χ2n) is 8.66. The Morgan fingerprint density at radius 3 is 2.43 bits per heavy atom. The molecular weight excluding hydrogens is 473 g/mol. The van der Waals surface area contributed by atoms with Gasteiger partial charge in [0.1, 0.15) is 11.9 Å². The van der Waals surface area contributed by atoms with E-state index >= 15 is 0 Å². The number of amides is 3. The molecule has 2 N–H and O–H groups in total. The van der Waals surface area contributed by atoms with Crippen LogP contribution in [0.5, 0.6) is 0 Å². The molecule has 0 radical (unpaired) electrons. The molecule has 1 saturated heterocycles. The van der Waals surface area contributed by atoms with E-state index in [0.717, 1.165) is 30.6 Å². The maximum Gasteiger partial charge on any atom is 0.257 e. The van der Waals surface area contributed by atoms with Crippen LogP contribution < -0.4 is 10.0 Å². The summed E-state index contributed by atoms with van der Waals surface area (Å²) in [7, 11) is -3.94. The van der Waals surface area contributed by atoms with Crippen molar-refractivity contribution in [2.75, 3.05) is 11.4 Å². The highest BCUT2D eigenvalue weighted by atomic mass is 32.2. The molecule has 2 aromatic carbocycles. The Bertz CT molecular complexity index is 1290. The first-order valence-electron chi connectivity index (χ1n) is 11.4. The highest BCUT2D eigenvalue weighted by molar-refractivity contribution is 7.89. The van der Waals surface area contributed by atoms with Crippen LogP contribution in [0.1, 0.15) is 48.9 Å². The Morgan fingerprint density at radius 1 is 1.09 bits per heavy atom. The van der Waals surface area contributed by atoms with Crippen molar-refractivity contribution in [3.63, 3.8) is 0 Å². The molecule has 4 rings (SSSR count). The van der Waals surface area contributed by atoms with Crippen molar-refractivity contribution in [1.82, 2.24) is 4.90 Å². The van der Waals surface area contributed by atoms with Gasteiger partial charge in [-0.1, -0.05) is 23.8 Å². The number of hydrogen-bond acceptors (Lipinski definition) is 5. The summed E-state index contributed by atoms with van der Waals surface area (Å²) >= 11 is 0. The summed E-state index contributed by atoms with van der Waals surface area (Å²) in [5, 5.41) is 5.12. The lowest BCUT2D eigenvalue weighted by atomic mass is 9.96. The van der Waals surface area contributed by atoms with E-state index in [1.807, 2.05) is 0 Å². The highest BCUT2D eigenvalue weighted by Crippen LogP contribution is 2.29. The van der Waals surface area contributed by atoms with Gasteiger partial charge in [0.25, 0.3) is 11.8 Å². The number of halogens is 1. The van der Waals surface area contributed by atoms with E-state index in [-0.39, 0.29) is 29.1 Å². The zero-order valence-electron chi connectivity index (χ0n) is 19.0. The first-order valence-corrected chi connectivity index (χ1v) is 12.9. The predicted molar refractivity (Wildman–Crippen MR) is 127 cm³/mol. The Labute approximate surface area is 203 Å². The van der Waals surface area contributed by atoms with Gasteiger partial charge in [-0.2, -0.15) is 0 Å². The molecule has 0 aromatic heterocycles. The number of nitrogens with two attached hydrogens (primary N) is 1. The van der Waals surface area contributed by atoms with Crippen LogP contribution in [0.3, 0.4) is 0 Å². The van der Waals surface area contributed by atoms with Crippen molar-refractivity contribution in [3.05, 3.63) is 71.6 Å². The number of rotatable bonds is 7. The van der Waals surface area contributed by atoms with Crippen LogP contribution in [0.15, 0.2) is 65.1 Å². The molecule has 2 aromatic rings. The zero-order valence-corrected chi connectivity index (χ0v) is 19.8. The number of anilines is 1. The third-order valence-corrected chi connectivity index (χ3v) is 7.28. The third kappa shape index (κ3) is 5.33. The lowest BCUT2D eigenvalue weighted by Gasteiger charge is -2.29. The van der Waals surface area contributed by atoms with Gasteiger partial charge in [-0.25, -0.2) is 22.8 Å². The number of hydrogen-bond donors (Lipinski definition) is 1. The molecule has 0 spiro atoms. The summed E-state index contributed by atoms with van der Waals surface area (Å²) in [4.78, 5) is 41.7. The molecule has 1 aliphatic carbocycles. The minimum atomic E-state index is -3.94. The van der Waals surface area contributed by atoms with Gasteiger partial charge < -0.3 is 4.90 Å². The van der Waals surface area contributed by atoms with E-state index in [2.05, 4.69) is 6.08 Å². The number of benzene rings is 2. The monoisotopic (exact) mass is 499 g/mol. The second kappa shape index (κ2) is 10.1. The maximum absolute atomic E-state index is 14.5. The van der Waals surface area contributed by atoms with E-state index in [4.69, 9.17) is 5.14 Å². The smallest absolute Gasteiger partial charge is 0.257 e. The van der Waals surface area contributed by atoms with Crippen LogP contribution in [0.4, 0.5) is 10.1 Å². The molecule has 3 amide bonds. The number of sulfonamides is 1. The van der Waals surface area contributed by atoms with Gasteiger partial charge >= 0.3 is 0 Å². The molecule has 8 nitrogen and oxygen atoms in total. The van der Waals surface area contributed by atoms with Gasteiger partial charge in [0.05, 0.1) is 22.6 Å². The lowest BCUT2D eigenvalue weighted by Crippen LogP contribution is -2.46. The molecule has 10 heteroatoms. The van der Waals surface area contributed by atoms with E-state index in [1.54, 1.807) is 6.07 Å². The topological polar surface area (TPSA) is 118 Å². The van der Waals surface area contributed by atoms with Crippen LogP contribution in [-0.4, -0.2) is 43.6 Å². The Kier molecular flexibility index (Phi) is 7.13. The zero-order chi connectivity index (χ0) is 25.2. The summed E-state index contributed by atoms with van der Waals surface area (Å²) < 4.78 is 37.5. The molecule has 1 aliphatic heterocycles. The molecule has 1 atom stereocenters. The third-order valence-electron chi connectivity index (χ3n) is 6.35. The molecule has 1 unspecified atom stereocenters. The summed E-state index contributed by atoms with van der Waals surface area (Å²) in [6, 6.07) is 9.48. The first-order chi connectivity index (χ1) is 16.7. The van der Waals surface area contributed by atoms with Gasteiger partial charge in [0, 0.05) is 6.54 Å². The molecule has 184 valence electrons. The van der Waals surface area contributed by atoms with Gasteiger partial charge in [0.15, 0.2) is 0 Å². The van der Waals surface area contributed by atoms with Crippen LogP contribution >= 0.6 is 0 Å². The Morgan fingerprint density at radius 2 is 1.80 bits per heavy atom. The standard InChI is InChI=1S/C25H26FN3O5S/c26-21-9-5-4-8-20(21)24(31)28(15-14-17-6-2-1-3-7-17)22-16-23(30)29(25(22)32)18-10-12-19(13-11-18)35(27,33)34/h4-6,8-13,22H,1-3,7,14-16H2,(H2,27,33,34). The first kappa shape index (κ1) is 24.7. The molecule has 1 fully saturated rings. The quantitative estimate of drug-likeness (QED) is 0.464. The molecule has 0 bridgehead atoms. The molecule has 1 heterocycles. The number of carbonyl (C=O) groups excluding carboxylic acids is 3. The van der Waals surface area contributed by atoms with Crippen molar-refractivity contribution in [2.24, 2.45) is 5.14 Å². The fraction of sp³-hybridized carbons (Fsp3) is 0.320. The second-order valence-corrected chi connectivity index (χ2v) is 10.2. The number of imide groups is 1. The summed E-state index contributed by atoms with van der Waals surface area (Å²) in [6.07, 6.45) is 6.43. The van der Waals surface area contributed by atoms with E-state index in [0.29, 0.717) is 6.42 Å². The van der Waals surface area contributed by atoms with Crippen molar-refractivity contribution < 1.29 is 27.2 Å². The van der Waals surface area contributed by atoms with Crippen LogP contribution in [0, 0.1) is 5.82 Å². The normalized spacial score (nSPS) is 18.5. The molecule has 0 saturated carbocycles. The summed E-state index contributed by atoms with van der Waals surface area (Å²) in [5.74, 6) is -2.52. The van der Waals surface area contributed by atoms with E-state index < -0.39 is 39.6 Å². The van der Waals surface area contributed by atoms with Crippen molar-refractivity contribution in [1.29, 1.82) is 0 Å². The molecule has 35 heavy (non-hydrogen) atoms. The fourth-order valence-corrected chi connectivity index (χ4v) is 5.02. The number of allylic oxidation sites excluding steroid dienone is 1. The number of carbonyl (C=O) groups is 3. The summed E-state index contributed by atoms with van der Waals surface area (Å²) in [6.45, 7) is 0.168. The Hall–Kier alpha value is -3.37. The largest absolute Gasteiger partial charge is 0.326 e. The highest BCUT2D eigenvalue weighted by Gasteiger charge is 2.44. The SMILES string of the molecule is NS(=O)(=O)c1ccc(N2C(=O)CC(N(CCC3=CCCCC3)C(=O)c3ccccc3F)C2=O)cc1. The van der Waals surface area contributed by atoms with Crippen LogP contribution in [0.25, 0.3) is 0 Å². The fourth-order valence-electron chi connectivity index (χ4n) is 4.50. The molecule has 2 aliphatic rings. The lowest BCUT2D eigenvalue weighted by molar-refractivity contribution is -0.122. The van der Waals surface area contributed by atoms with E-state index in [1.165, 1.54) is 52.9 Å². The minimum Gasteiger partial charge on any atom is -0.326 e. The van der Waals surface area contributed by atoms with Gasteiger partial charge in [-0.15, -0.1) is 0 Å². The van der Waals surface area contributed by atoms with Gasteiger partial charge in [-0.3, -0.25) is 14.4 Å². The van der Waals surface area contributed by atoms with Crippen molar-refractivity contribution >= 4 is 33.4 Å². The van der Waals surface area contributed by atoms with Crippen molar-refractivity contribution in [2.45, 2.75) is 49.5 Å². The van der Waals surface area contributed by atoms with Crippen molar-refractivity contribution in [3.8, 4) is 0 Å². The van der Waals surface area contributed by atoms with Gasteiger partial charge in [0.2, 0.25) is 15.9 Å². The predicted octanol–water partition coefficient (Wildman–Crippen LogP) is 3.14. The molecular formula is C25H26FN3O5S.